The van der Waals surface area contributed by atoms with E-state index in [-0.39, 0.29) is 11.9 Å². The zero-order valence-corrected chi connectivity index (χ0v) is 19.0. The van der Waals surface area contributed by atoms with Crippen LogP contribution in [-0.2, 0) is 0 Å². The van der Waals surface area contributed by atoms with Crippen LogP contribution in [-0.4, -0.2) is 27.2 Å². The van der Waals surface area contributed by atoms with Crippen LogP contribution < -0.4 is 19.5 Å². The number of hydrogen-bond acceptors (Lipinski definition) is 5. The molecule has 0 unspecified atom stereocenters. The summed E-state index contributed by atoms with van der Waals surface area (Å²) in [6.07, 6.45) is 0. The fourth-order valence-corrected chi connectivity index (χ4v) is 4.20. The van der Waals surface area contributed by atoms with E-state index in [1.807, 2.05) is 55.5 Å². The Balaban J connectivity index is 1.83. The highest BCUT2D eigenvalue weighted by Crippen LogP contribution is 2.45. The van der Waals surface area contributed by atoms with E-state index in [0.29, 0.717) is 22.1 Å². The largest absolute Gasteiger partial charge is 0.493 e. The van der Waals surface area contributed by atoms with Gasteiger partial charge in [0.2, 0.25) is 5.75 Å². The Morgan fingerprint density at radius 3 is 2.24 bits per heavy atom. The number of hydrogen-bond donors (Lipinski definition) is 1. The van der Waals surface area contributed by atoms with Crippen LogP contribution >= 0.6 is 27.3 Å². The Morgan fingerprint density at radius 1 is 0.931 bits per heavy atom. The quantitative estimate of drug-likeness (QED) is 0.476. The van der Waals surface area contributed by atoms with Crippen LogP contribution in [0.3, 0.4) is 0 Å². The molecule has 3 aromatic rings. The molecule has 0 fully saturated rings. The lowest BCUT2D eigenvalue weighted by molar-refractivity contribution is 0.0944. The number of nitrogens with one attached hydrogen (secondary N) is 1. The summed E-state index contributed by atoms with van der Waals surface area (Å²) >= 11 is 4.83. The van der Waals surface area contributed by atoms with Gasteiger partial charge in [-0.05, 0) is 48.9 Å². The molecular weight excluding hydrogens is 454 g/mol. The van der Waals surface area contributed by atoms with Gasteiger partial charge < -0.3 is 19.5 Å². The van der Waals surface area contributed by atoms with Gasteiger partial charge in [0.05, 0.1) is 32.2 Å². The predicted octanol–water partition coefficient (Wildman–Crippen LogP) is 5.69. The molecule has 29 heavy (non-hydrogen) atoms. The third kappa shape index (κ3) is 4.57. The van der Waals surface area contributed by atoms with Gasteiger partial charge in [-0.2, -0.15) is 0 Å². The average molecular weight is 476 g/mol. The average Bonchev–Trinajstić information content (AvgIpc) is 3.23. The second kappa shape index (κ2) is 9.33. The summed E-state index contributed by atoms with van der Waals surface area (Å²) in [5, 5.41) is 3.05. The summed E-state index contributed by atoms with van der Waals surface area (Å²) in [5.41, 5.74) is 1.88. The molecule has 0 bridgehead atoms. The molecule has 7 heteroatoms. The molecule has 2 aromatic carbocycles. The van der Waals surface area contributed by atoms with Crippen molar-refractivity contribution in [3.05, 3.63) is 63.4 Å². The van der Waals surface area contributed by atoms with Gasteiger partial charge in [-0.25, -0.2) is 0 Å². The minimum Gasteiger partial charge on any atom is -0.493 e. The molecule has 0 radical (unpaired) electrons. The van der Waals surface area contributed by atoms with E-state index in [1.54, 1.807) is 21.3 Å². The van der Waals surface area contributed by atoms with Crippen LogP contribution in [0.4, 0.5) is 0 Å². The minimum atomic E-state index is -0.115. The lowest BCUT2D eigenvalue weighted by atomic mass is 10.1. The highest BCUT2D eigenvalue weighted by molar-refractivity contribution is 9.10. The number of methoxy groups -OCH3 is 3. The van der Waals surface area contributed by atoms with Crippen molar-refractivity contribution in [1.82, 2.24) is 5.32 Å². The van der Waals surface area contributed by atoms with Crippen molar-refractivity contribution in [2.24, 2.45) is 0 Å². The normalized spacial score (nSPS) is 11.6. The zero-order valence-electron chi connectivity index (χ0n) is 16.6. The summed E-state index contributed by atoms with van der Waals surface area (Å²) in [6, 6.07) is 15.3. The molecule has 5 nitrogen and oxygen atoms in total. The van der Waals surface area contributed by atoms with Crippen molar-refractivity contribution in [3.63, 3.8) is 0 Å². The maximum absolute atomic E-state index is 12.7. The second-order valence-electron chi connectivity index (χ2n) is 6.29. The summed E-state index contributed by atoms with van der Waals surface area (Å²) in [4.78, 5) is 14.3. The monoisotopic (exact) mass is 475 g/mol. The molecule has 1 amide bonds. The number of carbonyl (C=O) groups excluding carboxylic acids is 1. The van der Waals surface area contributed by atoms with Crippen LogP contribution in [0.25, 0.3) is 10.4 Å². The number of benzene rings is 2. The van der Waals surface area contributed by atoms with Crippen molar-refractivity contribution < 1.29 is 19.0 Å². The lowest BCUT2D eigenvalue weighted by Gasteiger charge is -2.15. The van der Waals surface area contributed by atoms with E-state index in [0.717, 1.165) is 20.5 Å². The Kier molecular flexibility index (Phi) is 6.82. The lowest BCUT2D eigenvalue weighted by Crippen LogP contribution is -2.25. The SMILES string of the molecule is COc1ccc(-c2ccc(C(=O)N[C@H](C)c3ccc(Br)cc3)s2)c(OC)c1OC. The molecule has 0 saturated carbocycles. The highest BCUT2D eigenvalue weighted by Gasteiger charge is 2.20. The van der Waals surface area contributed by atoms with Crippen molar-refractivity contribution in [3.8, 4) is 27.7 Å². The van der Waals surface area contributed by atoms with E-state index in [1.165, 1.54) is 11.3 Å². The summed E-state index contributed by atoms with van der Waals surface area (Å²) in [7, 11) is 4.74. The number of halogens is 1. The summed E-state index contributed by atoms with van der Waals surface area (Å²) in [5.74, 6) is 1.57. The molecule has 1 aromatic heterocycles. The van der Waals surface area contributed by atoms with Crippen molar-refractivity contribution in [1.29, 1.82) is 0 Å². The molecule has 0 aliphatic carbocycles. The molecule has 3 rings (SSSR count). The number of carbonyl (C=O) groups is 1. The maximum atomic E-state index is 12.7. The smallest absolute Gasteiger partial charge is 0.261 e. The second-order valence-corrected chi connectivity index (χ2v) is 8.29. The molecule has 1 atom stereocenters. The number of thiophene rings is 1. The maximum Gasteiger partial charge on any atom is 0.261 e. The van der Waals surface area contributed by atoms with Gasteiger partial charge in [-0.3, -0.25) is 4.79 Å². The van der Waals surface area contributed by atoms with E-state index >= 15 is 0 Å². The molecular formula is C22H22BrNO4S. The first-order valence-corrected chi connectivity index (χ1v) is 10.5. The Morgan fingerprint density at radius 2 is 1.62 bits per heavy atom. The Bertz CT molecular complexity index is 1000. The molecule has 0 aliphatic rings. The van der Waals surface area contributed by atoms with Crippen molar-refractivity contribution >= 4 is 33.2 Å². The first-order chi connectivity index (χ1) is 14.0. The van der Waals surface area contributed by atoms with E-state index in [4.69, 9.17) is 14.2 Å². The molecule has 1 N–H and O–H groups in total. The van der Waals surface area contributed by atoms with Gasteiger partial charge in [-0.15, -0.1) is 11.3 Å². The van der Waals surface area contributed by atoms with Crippen molar-refractivity contribution in [2.75, 3.05) is 21.3 Å². The van der Waals surface area contributed by atoms with Gasteiger partial charge in [0, 0.05) is 14.9 Å². The van der Waals surface area contributed by atoms with Crippen LogP contribution in [0.15, 0.2) is 53.0 Å². The summed E-state index contributed by atoms with van der Waals surface area (Å²) < 4.78 is 17.4. The fourth-order valence-electron chi connectivity index (χ4n) is 3.00. The standard InChI is InChI=1S/C22H22BrNO4S/c1-13(14-5-7-15(23)8-6-14)24-22(25)19-12-11-18(29-19)16-9-10-17(26-2)21(28-4)20(16)27-3/h5-13H,1-4H3,(H,24,25)/t13-/m1/s1. The van der Waals surface area contributed by atoms with E-state index in [9.17, 15) is 4.79 Å². The van der Waals surface area contributed by atoms with Gasteiger partial charge in [0.1, 0.15) is 0 Å². The minimum absolute atomic E-state index is 0.100. The number of ether oxygens (including phenoxy) is 3. The topological polar surface area (TPSA) is 56.8 Å². The highest BCUT2D eigenvalue weighted by atomic mass is 79.9. The number of amides is 1. The van der Waals surface area contributed by atoms with Crippen LogP contribution in [0.2, 0.25) is 0 Å². The first kappa shape index (κ1) is 21.2. The number of rotatable bonds is 7. The summed E-state index contributed by atoms with van der Waals surface area (Å²) in [6.45, 7) is 1.97. The zero-order chi connectivity index (χ0) is 21.0. The fraction of sp³-hybridized carbons (Fsp3) is 0.227. The molecule has 1 heterocycles. The Hall–Kier alpha value is -2.51. The molecule has 0 aliphatic heterocycles. The third-order valence-electron chi connectivity index (χ3n) is 4.52. The van der Waals surface area contributed by atoms with Crippen LogP contribution in [0.5, 0.6) is 17.2 Å². The third-order valence-corrected chi connectivity index (χ3v) is 6.16. The van der Waals surface area contributed by atoms with Gasteiger partial charge in [0.25, 0.3) is 5.91 Å². The molecule has 152 valence electrons. The van der Waals surface area contributed by atoms with E-state index < -0.39 is 0 Å². The van der Waals surface area contributed by atoms with Gasteiger partial charge in [0.15, 0.2) is 11.5 Å². The van der Waals surface area contributed by atoms with E-state index in [2.05, 4.69) is 21.2 Å². The molecule has 0 spiro atoms. The predicted molar refractivity (Wildman–Crippen MR) is 119 cm³/mol. The Labute approximate surface area is 182 Å². The van der Waals surface area contributed by atoms with Gasteiger partial charge >= 0.3 is 0 Å². The van der Waals surface area contributed by atoms with Crippen molar-refractivity contribution in [2.45, 2.75) is 13.0 Å². The first-order valence-electron chi connectivity index (χ1n) is 8.94. The van der Waals surface area contributed by atoms with Crippen LogP contribution in [0.1, 0.15) is 28.2 Å². The van der Waals surface area contributed by atoms with Gasteiger partial charge in [-0.1, -0.05) is 28.1 Å². The molecule has 0 saturated heterocycles. The van der Waals surface area contributed by atoms with Crippen LogP contribution in [0, 0.1) is 0 Å².